The van der Waals surface area contributed by atoms with Gasteiger partial charge in [-0.15, -0.1) is 0 Å². The maximum Gasteiger partial charge on any atom is 0.126 e. The summed E-state index contributed by atoms with van der Waals surface area (Å²) in [7, 11) is 0. The molecule has 0 aliphatic rings. The number of nitrogens with zero attached hydrogens (tertiary/aromatic N) is 3. The first-order valence-corrected chi connectivity index (χ1v) is 10.3. The molecule has 5 rings (SSSR count). The fourth-order valence-corrected chi connectivity index (χ4v) is 4.29. The first kappa shape index (κ1) is 18.3. The molecule has 0 radical (unpaired) electrons. The van der Waals surface area contributed by atoms with Gasteiger partial charge in [0.1, 0.15) is 5.82 Å². The minimum Gasteiger partial charge on any atom is -0.310 e. The Morgan fingerprint density at radius 2 is 1.63 bits per heavy atom. The lowest BCUT2D eigenvalue weighted by molar-refractivity contribution is 1.10. The van der Waals surface area contributed by atoms with Crippen molar-refractivity contribution in [2.45, 2.75) is 20.3 Å². The van der Waals surface area contributed by atoms with E-state index in [4.69, 9.17) is 4.98 Å². The zero-order valence-corrected chi connectivity index (χ0v) is 17.3. The summed E-state index contributed by atoms with van der Waals surface area (Å²) in [5.74, 6) is 0.783. The molecule has 0 atom stereocenters. The summed E-state index contributed by atoms with van der Waals surface area (Å²) >= 11 is 0. The number of hydrogen-bond donors (Lipinski definition) is 0. The highest BCUT2D eigenvalue weighted by Gasteiger charge is 2.15. The predicted octanol–water partition coefficient (Wildman–Crippen LogP) is 7.15. The number of allylic oxidation sites excluding steroid dienone is 3. The molecule has 3 nitrogen and oxygen atoms in total. The summed E-state index contributed by atoms with van der Waals surface area (Å²) < 4.78 is 2.30. The number of fused-ring (bicyclic) bond motifs is 4. The molecule has 0 saturated carbocycles. The van der Waals surface area contributed by atoms with E-state index in [1.54, 1.807) is 0 Å². The van der Waals surface area contributed by atoms with Crippen molar-refractivity contribution in [1.82, 2.24) is 14.5 Å². The van der Waals surface area contributed by atoms with E-state index < -0.39 is 0 Å². The molecular weight excluding hydrogens is 366 g/mol. The molecular formula is C27H23N3. The second kappa shape index (κ2) is 7.27. The molecule has 0 N–H and O–H groups in total. The lowest BCUT2D eigenvalue weighted by atomic mass is 10.0. The molecule has 0 saturated heterocycles. The molecule has 3 heteroatoms. The van der Waals surface area contributed by atoms with Crippen LogP contribution in [-0.4, -0.2) is 14.5 Å². The van der Waals surface area contributed by atoms with Crippen LogP contribution in [0.3, 0.4) is 0 Å². The lowest BCUT2D eigenvalue weighted by Gasteiger charge is -2.10. The average Bonchev–Trinajstić information content (AvgIpc) is 3.10. The van der Waals surface area contributed by atoms with Crippen LogP contribution in [0.4, 0.5) is 0 Å². The van der Waals surface area contributed by atoms with Gasteiger partial charge in [0.25, 0.3) is 0 Å². The molecule has 2 aromatic heterocycles. The molecule has 0 aliphatic carbocycles. The van der Waals surface area contributed by atoms with Gasteiger partial charge in [0.2, 0.25) is 0 Å². The van der Waals surface area contributed by atoms with Gasteiger partial charge in [-0.1, -0.05) is 62.0 Å². The van der Waals surface area contributed by atoms with Gasteiger partial charge in [0.15, 0.2) is 0 Å². The molecule has 0 aliphatic heterocycles. The van der Waals surface area contributed by atoms with Crippen LogP contribution in [0.25, 0.3) is 49.7 Å². The summed E-state index contributed by atoms with van der Waals surface area (Å²) in [6, 6.07) is 23.4. The van der Waals surface area contributed by atoms with E-state index in [1.165, 1.54) is 21.8 Å². The Bertz CT molecular complexity index is 1450. The molecule has 0 bridgehead atoms. The van der Waals surface area contributed by atoms with Crippen molar-refractivity contribution in [3.05, 3.63) is 91.3 Å². The first-order chi connectivity index (χ1) is 14.7. The number of benzene rings is 3. The zero-order chi connectivity index (χ0) is 20.7. The van der Waals surface area contributed by atoms with Crippen LogP contribution in [0.1, 0.15) is 19.2 Å². The third-order valence-corrected chi connectivity index (χ3v) is 5.54. The highest BCUT2D eigenvalue weighted by atomic mass is 15.0. The molecule has 30 heavy (non-hydrogen) atoms. The van der Waals surface area contributed by atoms with Crippen LogP contribution in [-0.2, 0) is 0 Å². The molecule has 3 aromatic carbocycles. The maximum absolute atomic E-state index is 4.80. The molecule has 0 fully saturated rings. The van der Waals surface area contributed by atoms with E-state index in [-0.39, 0.29) is 0 Å². The Morgan fingerprint density at radius 1 is 0.900 bits per heavy atom. The van der Waals surface area contributed by atoms with E-state index in [0.29, 0.717) is 0 Å². The zero-order valence-electron chi connectivity index (χ0n) is 17.3. The summed E-state index contributed by atoms with van der Waals surface area (Å²) in [4.78, 5) is 9.40. The van der Waals surface area contributed by atoms with E-state index in [1.807, 2.05) is 31.2 Å². The highest BCUT2D eigenvalue weighted by Crippen LogP contribution is 2.36. The summed E-state index contributed by atoms with van der Waals surface area (Å²) in [6.07, 6.45) is 5.11. The van der Waals surface area contributed by atoms with Crippen LogP contribution in [0, 0.1) is 6.92 Å². The fourth-order valence-electron chi connectivity index (χ4n) is 4.29. The number of aryl methyl sites for hydroxylation is 1. The van der Waals surface area contributed by atoms with Gasteiger partial charge in [-0.2, -0.15) is 0 Å². The molecule has 0 unspecified atom stereocenters. The number of para-hydroxylation sites is 2. The van der Waals surface area contributed by atoms with Gasteiger partial charge < -0.3 is 4.57 Å². The largest absolute Gasteiger partial charge is 0.310 e. The van der Waals surface area contributed by atoms with Crippen LogP contribution in [0.2, 0.25) is 0 Å². The van der Waals surface area contributed by atoms with Crippen LogP contribution in [0.15, 0.2) is 85.5 Å². The van der Waals surface area contributed by atoms with Crippen molar-refractivity contribution in [2.24, 2.45) is 0 Å². The quantitative estimate of drug-likeness (QED) is 0.306. The van der Waals surface area contributed by atoms with Crippen molar-refractivity contribution in [3.63, 3.8) is 0 Å². The van der Waals surface area contributed by atoms with Crippen molar-refractivity contribution in [1.29, 1.82) is 0 Å². The monoisotopic (exact) mass is 389 g/mol. The molecule has 0 amide bonds. The standard InChI is InChI=1S/C27H23N3/c1-4-10-20(5-2)30-25-14-9-7-11-21(25)23-17-19(15-16-26(23)30)27-22-12-6-8-13-24(22)28-18(3)29-27/h5-17H,2,4H2,1,3H3/b20-10+. The van der Waals surface area contributed by atoms with Crippen molar-refractivity contribution < 1.29 is 0 Å². The number of aromatic nitrogens is 3. The van der Waals surface area contributed by atoms with Gasteiger partial charge in [-0.05, 0) is 43.7 Å². The normalized spacial score (nSPS) is 12.1. The van der Waals surface area contributed by atoms with Crippen LogP contribution < -0.4 is 0 Å². The molecule has 2 heterocycles. The molecule has 0 spiro atoms. The van der Waals surface area contributed by atoms with Crippen molar-refractivity contribution in [3.8, 4) is 11.3 Å². The average molecular weight is 390 g/mol. The van der Waals surface area contributed by atoms with E-state index in [9.17, 15) is 0 Å². The summed E-state index contributed by atoms with van der Waals surface area (Å²) in [6.45, 7) is 8.15. The van der Waals surface area contributed by atoms with Crippen LogP contribution >= 0.6 is 0 Å². The summed E-state index contributed by atoms with van der Waals surface area (Å²) in [5.41, 5.74) is 6.53. The Kier molecular flexibility index (Phi) is 4.44. The van der Waals surface area contributed by atoms with Crippen molar-refractivity contribution >= 4 is 38.4 Å². The van der Waals surface area contributed by atoms with Crippen LogP contribution in [0.5, 0.6) is 0 Å². The lowest BCUT2D eigenvalue weighted by Crippen LogP contribution is -1.95. The van der Waals surface area contributed by atoms with Gasteiger partial charge in [0, 0.05) is 27.4 Å². The number of rotatable bonds is 4. The molecule has 146 valence electrons. The van der Waals surface area contributed by atoms with E-state index >= 15 is 0 Å². The van der Waals surface area contributed by atoms with Gasteiger partial charge in [0.05, 0.1) is 22.2 Å². The molecule has 5 aromatic rings. The second-order valence-corrected chi connectivity index (χ2v) is 7.46. The first-order valence-electron chi connectivity index (χ1n) is 10.3. The fraction of sp³-hybridized carbons (Fsp3) is 0.111. The third kappa shape index (κ3) is 2.82. The maximum atomic E-state index is 4.80. The predicted molar refractivity (Wildman–Crippen MR) is 127 cm³/mol. The summed E-state index contributed by atoms with van der Waals surface area (Å²) in [5, 5.41) is 3.52. The third-order valence-electron chi connectivity index (χ3n) is 5.54. The minimum atomic E-state index is 0.783. The topological polar surface area (TPSA) is 30.7 Å². The Labute approximate surface area is 176 Å². The van der Waals surface area contributed by atoms with E-state index in [2.05, 4.69) is 77.7 Å². The number of hydrogen-bond acceptors (Lipinski definition) is 2. The minimum absolute atomic E-state index is 0.783. The smallest absolute Gasteiger partial charge is 0.126 e. The SMILES string of the molecule is C=C/C(=C\CC)n1c2ccccc2c2cc(-c3nc(C)nc4ccccc34)ccc21. The Balaban J connectivity index is 1.85. The van der Waals surface area contributed by atoms with Crippen molar-refractivity contribution in [2.75, 3.05) is 0 Å². The van der Waals surface area contributed by atoms with Gasteiger partial charge in [-0.3, -0.25) is 0 Å². The van der Waals surface area contributed by atoms with E-state index in [0.717, 1.165) is 40.1 Å². The van der Waals surface area contributed by atoms with Gasteiger partial charge in [-0.25, -0.2) is 9.97 Å². The second-order valence-electron chi connectivity index (χ2n) is 7.46. The highest BCUT2D eigenvalue weighted by molar-refractivity contribution is 6.12. The van der Waals surface area contributed by atoms with Gasteiger partial charge >= 0.3 is 0 Å². The Morgan fingerprint density at radius 3 is 2.43 bits per heavy atom. The Hall–Kier alpha value is -3.72.